The maximum absolute atomic E-state index is 12.1. The lowest BCUT2D eigenvalue weighted by atomic mass is 10.1. The third kappa shape index (κ3) is 2.76. The molecule has 0 saturated heterocycles. The molecule has 18 heavy (non-hydrogen) atoms. The average Bonchev–Trinajstić information content (AvgIpc) is 2.77. The summed E-state index contributed by atoms with van der Waals surface area (Å²) in [7, 11) is 0. The van der Waals surface area contributed by atoms with Gasteiger partial charge in [-0.1, -0.05) is 23.7 Å². The van der Waals surface area contributed by atoms with E-state index >= 15 is 0 Å². The van der Waals surface area contributed by atoms with Gasteiger partial charge in [-0.2, -0.15) is 5.10 Å². The zero-order valence-electron chi connectivity index (χ0n) is 10.3. The molecule has 0 aliphatic heterocycles. The van der Waals surface area contributed by atoms with E-state index in [1.54, 1.807) is 28.9 Å². The van der Waals surface area contributed by atoms with Gasteiger partial charge in [0.05, 0.1) is 6.42 Å². The van der Waals surface area contributed by atoms with Gasteiger partial charge in [-0.15, -0.1) is 0 Å². The molecule has 0 bridgehead atoms. The van der Waals surface area contributed by atoms with Crippen LogP contribution < -0.4 is 0 Å². The predicted octanol–water partition coefficient (Wildman–Crippen LogP) is 2.94. The summed E-state index contributed by atoms with van der Waals surface area (Å²) in [6.07, 6.45) is 1.71. The van der Waals surface area contributed by atoms with E-state index in [4.69, 9.17) is 11.6 Å². The molecule has 0 amide bonds. The van der Waals surface area contributed by atoms with Crippen LogP contribution >= 0.6 is 11.6 Å². The van der Waals surface area contributed by atoms with Crippen LogP contribution in [0.15, 0.2) is 30.6 Å². The minimum absolute atomic E-state index is 0.00704. The number of ketones is 1. The van der Waals surface area contributed by atoms with E-state index in [1.165, 1.54) is 6.33 Å². The van der Waals surface area contributed by atoms with Crippen molar-refractivity contribution in [1.82, 2.24) is 14.8 Å². The normalized spacial score (nSPS) is 10.9. The van der Waals surface area contributed by atoms with Crippen molar-refractivity contribution in [2.45, 2.75) is 26.3 Å². The lowest BCUT2D eigenvalue weighted by molar-refractivity contribution is 0.0989. The molecule has 0 saturated carbocycles. The molecule has 1 heterocycles. The molecule has 2 rings (SSSR count). The topological polar surface area (TPSA) is 47.8 Å². The van der Waals surface area contributed by atoms with Gasteiger partial charge in [-0.3, -0.25) is 4.79 Å². The zero-order valence-corrected chi connectivity index (χ0v) is 11.1. The van der Waals surface area contributed by atoms with Crippen molar-refractivity contribution >= 4 is 17.4 Å². The molecule has 1 aromatic carbocycles. The molecule has 0 N–H and O–H groups in total. The Hall–Kier alpha value is -1.68. The highest BCUT2D eigenvalue weighted by Gasteiger charge is 2.13. The van der Waals surface area contributed by atoms with Crippen LogP contribution in [0, 0.1) is 0 Å². The van der Waals surface area contributed by atoms with Crippen molar-refractivity contribution in [1.29, 1.82) is 0 Å². The summed E-state index contributed by atoms with van der Waals surface area (Å²) in [5, 5.41) is 4.67. The highest BCUT2D eigenvalue weighted by molar-refractivity contribution is 6.31. The SMILES string of the molecule is CC(C)n1ncnc1CC(=O)c1cccc(Cl)c1. The Balaban J connectivity index is 2.19. The largest absolute Gasteiger partial charge is 0.294 e. The van der Waals surface area contributed by atoms with E-state index in [9.17, 15) is 4.79 Å². The van der Waals surface area contributed by atoms with Crippen molar-refractivity contribution in [3.63, 3.8) is 0 Å². The van der Waals surface area contributed by atoms with E-state index in [0.29, 0.717) is 16.4 Å². The van der Waals surface area contributed by atoms with Gasteiger partial charge in [0.1, 0.15) is 12.2 Å². The molecule has 2 aromatic rings. The Labute approximate surface area is 111 Å². The standard InChI is InChI=1S/C13H14ClN3O/c1-9(2)17-13(15-8-16-17)7-12(18)10-4-3-5-11(14)6-10/h3-6,8-9H,7H2,1-2H3. The van der Waals surface area contributed by atoms with Crippen LogP contribution in [-0.4, -0.2) is 20.5 Å². The molecular formula is C13H14ClN3O. The minimum atomic E-state index is -0.00704. The molecule has 0 spiro atoms. The quantitative estimate of drug-likeness (QED) is 0.797. The maximum atomic E-state index is 12.1. The minimum Gasteiger partial charge on any atom is -0.294 e. The van der Waals surface area contributed by atoms with Gasteiger partial charge in [0.25, 0.3) is 0 Å². The second kappa shape index (κ2) is 5.31. The number of nitrogens with zero attached hydrogens (tertiary/aromatic N) is 3. The molecule has 0 fully saturated rings. The van der Waals surface area contributed by atoms with E-state index in [-0.39, 0.29) is 18.2 Å². The summed E-state index contributed by atoms with van der Waals surface area (Å²) in [5.74, 6) is 0.669. The van der Waals surface area contributed by atoms with Crippen LogP contribution in [0.2, 0.25) is 5.02 Å². The number of halogens is 1. The molecule has 0 aliphatic rings. The summed E-state index contributed by atoms with van der Waals surface area (Å²) in [4.78, 5) is 16.2. The van der Waals surface area contributed by atoms with E-state index < -0.39 is 0 Å². The van der Waals surface area contributed by atoms with Gasteiger partial charge in [0, 0.05) is 16.6 Å². The molecule has 0 atom stereocenters. The van der Waals surface area contributed by atoms with Crippen molar-refractivity contribution in [2.24, 2.45) is 0 Å². The number of hydrogen-bond acceptors (Lipinski definition) is 3. The van der Waals surface area contributed by atoms with Crippen LogP contribution in [-0.2, 0) is 6.42 Å². The van der Waals surface area contributed by atoms with Crippen LogP contribution in [0.4, 0.5) is 0 Å². The van der Waals surface area contributed by atoms with Gasteiger partial charge >= 0.3 is 0 Å². The Kier molecular flexibility index (Phi) is 3.77. The van der Waals surface area contributed by atoms with Gasteiger partial charge in [0.2, 0.25) is 0 Å². The first-order valence-corrected chi connectivity index (χ1v) is 6.13. The van der Waals surface area contributed by atoms with Gasteiger partial charge < -0.3 is 0 Å². The molecule has 0 radical (unpaired) electrons. The Morgan fingerprint density at radius 1 is 1.44 bits per heavy atom. The summed E-state index contributed by atoms with van der Waals surface area (Å²) >= 11 is 5.87. The summed E-state index contributed by atoms with van der Waals surface area (Å²) < 4.78 is 1.75. The smallest absolute Gasteiger partial charge is 0.170 e. The molecule has 0 unspecified atom stereocenters. The maximum Gasteiger partial charge on any atom is 0.170 e. The number of Topliss-reactive ketones (excluding diaryl/α,β-unsaturated/α-hetero) is 1. The third-order valence-corrected chi connectivity index (χ3v) is 2.84. The Morgan fingerprint density at radius 2 is 2.22 bits per heavy atom. The average molecular weight is 264 g/mol. The fraction of sp³-hybridized carbons (Fsp3) is 0.308. The van der Waals surface area contributed by atoms with Gasteiger partial charge in [-0.05, 0) is 26.0 Å². The first-order chi connectivity index (χ1) is 8.58. The summed E-state index contributed by atoms with van der Waals surface area (Å²) in [6, 6.07) is 7.12. The lowest BCUT2D eigenvalue weighted by Crippen LogP contribution is -2.13. The van der Waals surface area contributed by atoms with E-state index in [1.807, 2.05) is 13.8 Å². The Bertz CT molecular complexity index is 563. The molecule has 4 nitrogen and oxygen atoms in total. The van der Waals surface area contributed by atoms with Crippen molar-refractivity contribution in [3.05, 3.63) is 47.0 Å². The lowest BCUT2D eigenvalue weighted by Gasteiger charge is -2.08. The van der Waals surface area contributed by atoms with Gasteiger partial charge in [-0.25, -0.2) is 9.67 Å². The summed E-state index contributed by atoms with van der Waals surface area (Å²) in [6.45, 7) is 4.00. The Morgan fingerprint density at radius 3 is 2.89 bits per heavy atom. The molecule has 0 aliphatic carbocycles. The highest BCUT2D eigenvalue weighted by Crippen LogP contribution is 2.14. The molecule has 94 valence electrons. The third-order valence-electron chi connectivity index (χ3n) is 2.60. The van der Waals surface area contributed by atoms with Crippen LogP contribution in [0.1, 0.15) is 36.1 Å². The highest BCUT2D eigenvalue weighted by atomic mass is 35.5. The second-order valence-electron chi connectivity index (χ2n) is 4.32. The van der Waals surface area contributed by atoms with E-state index in [2.05, 4.69) is 10.1 Å². The second-order valence-corrected chi connectivity index (χ2v) is 4.76. The zero-order chi connectivity index (χ0) is 13.1. The number of carbonyl (C=O) groups excluding carboxylic acids is 1. The fourth-order valence-electron chi connectivity index (χ4n) is 1.74. The van der Waals surface area contributed by atoms with Crippen molar-refractivity contribution in [2.75, 3.05) is 0 Å². The predicted molar refractivity (Wildman–Crippen MR) is 69.9 cm³/mol. The first kappa shape index (κ1) is 12.8. The van der Waals surface area contributed by atoms with Crippen LogP contribution in [0.5, 0.6) is 0 Å². The number of carbonyl (C=O) groups is 1. The molecular weight excluding hydrogens is 250 g/mol. The van der Waals surface area contributed by atoms with Crippen molar-refractivity contribution < 1.29 is 4.79 Å². The summed E-state index contributed by atoms with van der Waals surface area (Å²) in [5.41, 5.74) is 0.598. The number of rotatable bonds is 4. The monoisotopic (exact) mass is 263 g/mol. The number of aromatic nitrogens is 3. The molecule has 1 aromatic heterocycles. The van der Waals surface area contributed by atoms with Crippen LogP contribution in [0.3, 0.4) is 0 Å². The van der Waals surface area contributed by atoms with Crippen LogP contribution in [0.25, 0.3) is 0 Å². The van der Waals surface area contributed by atoms with Crippen molar-refractivity contribution in [3.8, 4) is 0 Å². The van der Waals surface area contributed by atoms with E-state index in [0.717, 1.165) is 0 Å². The fourth-order valence-corrected chi connectivity index (χ4v) is 1.93. The molecule has 5 heteroatoms. The number of benzene rings is 1. The first-order valence-electron chi connectivity index (χ1n) is 5.75. The number of hydrogen-bond donors (Lipinski definition) is 0. The van der Waals surface area contributed by atoms with Gasteiger partial charge in [0.15, 0.2) is 5.78 Å².